The monoisotopic (exact) mass is 258 g/mol. The molecule has 1 saturated heterocycles. The number of carbonyl (C=O) groups excluding carboxylic acids is 1. The number of nitrogens with one attached hydrogen (secondary N) is 1. The van der Waals surface area contributed by atoms with Crippen molar-refractivity contribution in [3.8, 4) is 0 Å². The maximum atomic E-state index is 12.7. The normalized spacial score (nSPS) is 26.3. The van der Waals surface area contributed by atoms with Crippen LogP contribution in [0.5, 0.6) is 0 Å². The van der Waals surface area contributed by atoms with Crippen LogP contribution in [0.2, 0.25) is 0 Å². The molecule has 0 radical (unpaired) electrons. The Morgan fingerprint density at radius 3 is 2.68 bits per heavy atom. The molecule has 3 heteroatoms. The third kappa shape index (κ3) is 2.39. The summed E-state index contributed by atoms with van der Waals surface area (Å²) < 4.78 is 0. The molecule has 3 rings (SSSR count). The Hall–Kier alpha value is -1.35. The van der Waals surface area contributed by atoms with E-state index in [1.165, 1.54) is 17.5 Å². The third-order valence-electron chi connectivity index (χ3n) is 4.22. The highest BCUT2D eigenvalue weighted by Gasteiger charge is 2.28. The van der Waals surface area contributed by atoms with Crippen LogP contribution in [-0.2, 0) is 12.8 Å². The van der Waals surface area contributed by atoms with Crippen molar-refractivity contribution >= 4 is 5.91 Å². The fourth-order valence-electron chi connectivity index (χ4n) is 3.48. The van der Waals surface area contributed by atoms with Gasteiger partial charge < -0.3 is 10.2 Å². The smallest absolute Gasteiger partial charge is 0.254 e. The van der Waals surface area contributed by atoms with E-state index < -0.39 is 0 Å². The minimum atomic E-state index is 0.221. The molecule has 3 nitrogen and oxygen atoms in total. The molecule has 0 spiro atoms. The van der Waals surface area contributed by atoms with Gasteiger partial charge in [0.1, 0.15) is 0 Å². The van der Waals surface area contributed by atoms with Crippen LogP contribution in [0.25, 0.3) is 0 Å². The van der Waals surface area contributed by atoms with Crippen molar-refractivity contribution in [2.24, 2.45) is 0 Å². The Bertz CT molecular complexity index is 488. The Balaban J connectivity index is 1.86. The zero-order valence-electron chi connectivity index (χ0n) is 11.8. The summed E-state index contributed by atoms with van der Waals surface area (Å²) in [7, 11) is 0. The van der Waals surface area contributed by atoms with Gasteiger partial charge in [-0.1, -0.05) is 12.1 Å². The lowest BCUT2D eigenvalue weighted by Gasteiger charge is -2.36. The lowest BCUT2D eigenvalue weighted by Crippen LogP contribution is -2.55. The van der Waals surface area contributed by atoms with E-state index in [2.05, 4.69) is 25.2 Å². The van der Waals surface area contributed by atoms with Crippen LogP contribution in [0.4, 0.5) is 0 Å². The molecule has 19 heavy (non-hydrogen) atoms. The summed E-state index contributed by atoms with van der Waals surface area (Å²) in [6.07, 6.45) is 3.38. The Morgan fingerprint density at radius 2 is 1.95 bits per heavy atom. The lowest BCUT2D eigenvalue weighted by molar-refractivity contribution is 0.0672. The van der Waals surface area contributed by atoms with Gasteiger partial charge in [-0.2, -0.15) is 0 Å². The standard InChI is InChI=1S/C16H22N2O/c1-11-9-18(10-12(2)17-11)16(19)15-8-4-6-13-5-3-7-14(13)15/h4,6,8,11-12,17H,3,5,7,9-10H2,1-2H3. The van der Waals surface area contributed by atoms with E-state index in [0.29, 0.717) is 12.1 Å². The molecule has 2 unspecified atom stereocenters. The van der Waals surface area contributed by atoms with Crippen molar-refractivity contribution < 1.29 is 4.79 Å². The molecule has 0 aromatic heterocycles. The van der Waals surface area contributed by atoms with Gasteiger partial charge in [-0.25, -0.2) is 0 Å². The van der Waals surface area contributed by atoms with E-state index in [4.69, 9.17) is 0 Å². The Kier molecular flexibility index (Phi) is 3.31. The molecule has 0 bridgehead atoms. The van der Waals surface area contributed by atoms with Crippen molar-refractivity contribution in [3.05, 3.63) is 34.9 Å². The summed E-state index contributed by atoms with van der Waals surface area (Å²) in [6, 6.07) is 6.97. The molecule has 2 atom stereocenters. The van der Waals surface area contributed by atoms with Crippen molar-refractivity contribution in [2.75, 3.05) is 13.1 Å². The van der Waals surface area contributed by atoms with E-state index in [0.717, 1.165) is 31.5 Å². The predicted molar refractivity (Wildman–Crippen MR) is 76.4 cm³/mol. The summed E-state index contributed by atoms with van der Waals surface area (Å²) in [5.41, 5.74) is 3.62. The van der Waals surface area contributed by atoms with Crippen LogP contribution in [0.15, 0.2) is 18.2 Å². The van der Waals surface area contributed by atoms with Gasteiger partial charge in [0, 0.05) is 30.7 Å². The minimum absolute atomic E-state index is 0.221. The number of hydrogen-bond donors (Lipinski definition) is 1. The van der Waals surface area contributed by atoms with E-state index >= 15 is 0 Å². The molecule has 1 aromatic rings. The van der Waals surface area contributed by atoms with Crippen LogP contribution < -0.4 is 5.32 Å². The van der Waals surface area contributed by atoms with Gasteiger partial charge in [0.2, 0.25) is 0 Å². The molecular formula is C16H22N2O. The second-order valence-electron chi connectivity index (χ2n) is 5.98. The zero-order chi connectivity index (χ0) is 13.4. The molecule has 1 amide bonds. The van der Waals surface area contributed by atoms with Crippen LogP contribution >= 0.6 is 0 Å². The van der Waals surface area contributed by atoms with E-state index in [1.807, 2.05) is 17.0 Å². The average Bonchev–Trinajstić information content (AvgIpc) is 2.84. The zero-order valence-corrected chi connectivity index (χ0v) is 11.8. The van der Waals surface area contributed by atoms with Crippen molar-refractivity contribution in [2.45, 2.75) is 45.2 Å². The largest absolute Gasteiger partial charge is 0.336 e. The second kappa shape index (κ2) is 4.97. The van der Waals surface area contributed by atoms with Crippen molar-refractivity contribution in [3.63, 3.8) is 0 Å². The van der Waals surface area contributed by atoms with Crippen LogP contribution in [0, 0.1) is 0 Å². The summed E-state index contributed by atoms with van der Waals surface area (Å²) >= 11 is 0. The maximum Gasteiger partial charge on any atom is 0.254 e. The van der Waals surface area contributed by atoms with Gasteiger partial charge in [0.05, 0.1) is 0 Å². The van der Waals surface area contributed by atoms with E-state index in [1.54, 1.807) is 0 Å². The lowest BCUT2D eigenvalue weighted by atomic mass is 10.0. The Labute approximate surface area is 115 Å². The molecule has 1 aromatic carbocycles. The highest BCUT2D eigenvalue weighted by Crippen LogP contribution is 2.26. The third-order valence-corrected chi connectivity index (χ3v) is 4.22. The first-order valence-corrected chi connectivity index (χ1v) is 7.31. The van der Waals surface area contributed by atoms with Gasteiger partial charge in [0.15, 0.2) is 0 Å². The van der Waals surface area contributed by atoms with Gasteiger partial charge in [-0.15, -0.1) is 0 Å². The number of piperazine rings is 1. The summed E-state index contributed by atoms with van der Waals surface area (Å²) in [5.74, 6) is 0.221. The quantitative estimate of drug-likeness (QED) is 0.835. The van der Waals surface area contributed by atoms with Crippen molar-refractivity contribution in [1.82, 2.24) is 10.2 Å². The number of benzene rings is 1. The van der Waals surface area contributed by atoms with Gasteiger partial charge in [0.25, 0.3) is 5.91 Å². The summed E-state index contributed by atoms with van der Waals surface area (Å²) in [4.78, 5) is 14.8. The molecule has 1 N–H and O–H groups in total. The first kappa shape index (κ1) is 12.7. The highest BCUT2D eigenvalue weighted by molar-refractivity contribution is 5.96. The van der Waals surface area contributed by atoms with Gasteiger partial charge in [-0.3, -0.25) is 4.79 Å². The SMILES string of the molecule is CC1CN(C(=O)c2cccc3c2CCC3)CC(C)N1. The Morgan fingerprint density at radius 1 is 1.21 bits per heavy atom. The number of nitrogens with zero attached hydrogens (tertiary/aromatic N) is 1. The molecule has 1 fully saturated rings. The summed E-state index contributed by atoms with van der Waals surface area (Å²) in [5, 5.41) is 3.47. The van der Waals surface area contributed by atoms with E-state index in [-0.39, 0.29) is 5.91 Å². The van der Waals surface area contributed by atoms with Crippen LogP contribution in [0.3, 0.4) is 0 Å². The first-order valence-electron chi connectivity index (χ1n) is 7.31. The number of hydrogen-bond acceptors (Lipinski definition) is 2. The number of rotatable bonds is 1. The maximum absolute atomic E-state index is 12.7. The minimum Gasteiger partial charge on any atom is -0.336 e. The highest BCUT2D eigenvalue weighted by atomic mass is 16.2. The molecule has 1 aliphatic heterocycles. The average molecular weight is 258 g/mol. The molecule has 0 saturated carbocycles. The van der Waals surface area contributed by atoms with Crippen LogP contribution in [0.1, 0.15) is 41.8 Å². The molecule has 1 aliphatic carbocycles. The van der Waals surface area contributed by atoms with Gasteiger partial charge >= 0.3 is 0 Å². The number of fused-ring (bicyclic) bond motifs is 1. The number of carbonyl (C=O) groups is 1. The predicted octanol–water partition coefficient (Wildman–Crippen LogP) is 2.00. The number of aryl methyl sites for hydroxylation is 1. The van der Waals surface area contributed by atoms with Gasteiger partial charge in [-0.05, 0) is 50.3 Å². The fourth-order valence-corrected chi connectivity index (χ4v) is 3.48. The topological polar surface area (TPSA) is 32.3 Å². The van der Waals surface area contributed by atoms with E-state index in [9.17, 15) is 4.79 Å². The summed E-state index contributed by atoms with van der Waals surface area (Å²) in [6.45, 7) is 5.91. The molecular weight excluding hydrogens is 236 g/mol. The van der Waals surface area contributed by atoms with Crippen molar-refractivity contribution in [1.29, 1.82) is 0 Å². The first-order chi connectivity index (χ1) is 9.15. The van der Waals surface area contributed by atoms with Crippen LogP contribution in [-0.4, -0.2) is 36.0 Å². The fraction of sp³-hybridized carbons (Fsp3) is 0.562. The molecule has 1 heterocycles. The molecule has 2 aliphatic rings. The number of amides is 1. The molecule has 102 valence electrons. The second-order valence-corrected chi connectivity index (χ2v) is 5.98.